The largest absolute Gasteiger partial charge is 0.325 e. The van der Waals surface area contributed by atoms with Gasteiger partial charge >= 0.3 is 0 Å². The number of thiol groups is 1. The van der Waals surface area contributed by atoms with E-state index in [0.717, 1.165) is 9.26 Å². The average molecular weight is 293 g/mol. The highest BCUT2D eigenvalue weighted by molar-refractivity contribution is 14.1. The molecule has 64 valence electrons. The van der Waals surface area contributed by atoms with Crippen molar-refractivity contribution in [1.82, 2.24) is 0 Å². The summed E-state index contributed by atoms with van der Waals surface area (Å²) >= 11 is 6.06. The zero-order chi connectivity index (χ0) is 8.97. The van der Waals surface area contributed by atoms with Gasteiger partial charge in [0.2, 0.25) is 5.91 Å². The Bertz CT molecular complexity index is 273. The summed E-state index contributed by atoms with van der Waals surface area (Å²) in [5.74, 6) is 0.131. The second-order valence-corrected chi connectivity index (χ2v) is 3.78. The van der Waals surface area contributed by atoms with Gasteiger partial charge in [-0.05, 0) is 46.9 Å². The van der Waals surface area contributed by atoms with E-state index in [9.17, 15) is 4.79 Å². The Morgan fingerprint density at radius 3 is 2.50 bits per heavy atom. The van der Waals surface area contributed by atoms with Crippen LogP contribution in [0.2, 0.25) is 0 Å². The lowest BCUT2D eigenvalue weighted by molar-refractivity contribution is -0.113. The Kier molecular flexibility index (Phi) is 3.87. The first-order valence-electron chi connectivity index (χ1n) is 3.38. The van der Waals surface area contributed by atoms with Crippen LogP contribution in [0.4, 0.5) is 5.69 Å². The molecule has 0 aliphatic heterocycles. The molecule has 12 heavy (non-hydrogen) atoms. The molecule has 0 spiro atoms. The van der Waals surface area contributed by atoms with Gasteiger partial charge in [-0.15, -0.1) is 0 Å². The van der Waals surface area contributed by atoms with Crippen molar-refractivity contribution in [3.05, 3.63) is 27.8 Å². The number of hydrogen-bond donors (Lipinski definition) is 2. The second kappa shape index (κ2) is 4.71. The number of benzene rings is 1. The van der Waals surface area contributed by atoms with Gasteiger partial charge in [0.25, 0.3) is 0 Å². The van der Waals surface area contributed by atoms with Gasteiger partial charge in [0.15, 0.2) is 0 Å². The van der Waals surface area contributed by atoms with E-state index in [4.69, 9.17) is 0 Å². The predicted octanol–water partition coefficient (Wildman–Crippen LogP) is 2.16. The molecule has 0 radical (unpaired) electrons. The number of rotatable bonds is 2. The van der Waals surface area contributed by atoms with Crippen LogP contribution < -0.4 is 5.32 Å². The summed E-state index contributed by atoms with van der Waals surface area (Å²) in [6, 6.07) is 7.61. The van der Waals surface area contributed by atoms with Gasteiger partial charge in [-0.2, -0.15) is 12.6 Å². The molecule has 0 aromatic heterocycles. The van der Waals surface area contributed by atoms with E-state index in [1.54, 1.807) is 0 Å². The Morgan fingerprint density at radius 1 is 1.42 bits per heavy atom. The second-order valence-electron chi connectivity index (χ2n) is 2.21. The van der Waals surface area contributed by atoms with Gasteiger partial charge in [0.1, 0.15) is 0 Å². The number of nitrogens with one attached hydrogen (secondary N) is 1. The van der Waals surface area contributed by atoms with Crippen LogP contribution in [0.5, 0.6) is 0 Å². The Balaban J connectivity index is 2.64. The third-order valence-electron chi connectivity index (χ3n) is 1.27. The van der Waals surface area contributed by atoms with Gasteiger partial charge in [0.05, 0.1) is 5.75 Å². The van der Waals surface area contributed by atoms with E-state index < -0.39 is 0 Å². The normalized spacial score (nSPS) is 9.50. The van der Waals surface area contributed by atoms with Crippen molar-refractivity contribution < 1.29 is 4.79 Å². The van der Waals surface area contributed by atoms with E-state index in [2.05, 4.69) is 40.5 Å². The molecule has 0 fully saturated rings. The van der Waals surface area contributed by atoms with Gasteiger partial charge in [-0.3, -0.25) is 4.79 Å². The first-order valence-corrected chi connectivity index (χ1v) is 5.10. The fraction of sp³-hybridized carbons (Fsp3) is 0.125. The minimum absolute atomic E-state index is 0.0838. The van der Waals surface area contributed by atoms with E-state index in [-0.39, 0.29) is 11.7 Å². The minimum Gasteiger partial charge on any atom is -0.325 e. The molecule has 4 heteroatoms. The van der Waals surface area contributed by atoms with Crippen molar-refractivity contribution >= 4 is 46.8 Å². The highest BCUT2D eigenvalue weighted by Crippen LogP contribution is 2.10. The average Bonchev–Trinajstić information content (AvgIpc) is 2.09. The predicted molar refractivity (Wildman–Crippen MR) is 61.6 cm³/mol. The van der Waals surface area contributed by atoms with Crippen LogP contribution in [0.25, 0.3) is 0 Å². The zero-order valence-corrected chi connectivity index (χ0v) is 9.30. The molecule has 0 aliphatic carbocycles. The van der Waals surface area contributed by atoms with Crippen molar-refractivity contribution in [2.24, 2.45) is 0 Å². The van der Waals surface area contributed by atoms with Crippen molar-refractivity contribution in [3.63, 3.8) is 0 Å². The molecule has 0 saturated carbocycles. The number of carbonyl (C=O) groups is 1. The molecular weight excluding hydrogens is 285 g/mol. The molecule has 1 aromatic carbocycles. The smallest absolute Gasteiger partial charge is 0.234 e. The molecule has 0 bridgehead atoms. The van der Waals surface area contributed by atoms with E-state index in [1.807, 2.05) is 24.3 Å². The molecule has 0 aliphatic rings. The summed E-state index contributed by atoms with van der Waals surface area (Å²) < 4.78 is 1.15. The zero-order valence-electron chi connectivity index (χ0n) is 6.25. The highest BCUT2D eigenvalue weighted by Gasteiger charge is 1.97. The van der Waals surface area contributed by atoms with Crippen LogP contribution in [0.3, 0.4) is 0 Å². The molecule has 0 unspecified atom stereocenters. The lowest BCUT2D eigenvalue weighted by atomic mass is 10.3. The summed E-state index contributed by atoms with van der Waals surface area (Å²) in [6.07, 6.45) is 0. The van der Waals surface area contributed by atoms with E-state index in [1.165, 1.54) is 0 Å². The van der Waals surface area contributed by atoms with Crippen molar-refractivity contribution in [2.75, 3.05) is 11.1 Å². The van der Waals surface area contributed by atoms with Crippen molar-refractivity contribution in [1.29, 1.82) is 0 Å². The Morgan fingerprint density at radius 2 is 2.00 bits per heavy atom. The Labute approximate surface area is 90.3 Å². The molecule has 1 aromatic rings. The molecule has 2 nitrogen and oxygen atoms in total. The fourth-order valence-corrected chi connectivity index (χ4v) is 1.17. The summed E-state index contributed by atoms with van der Waals surface area (Å²) in [5.41, 5.74) is 0.814. The minimum atomic E-state index is -0.0838. The molecule has 1 amide bonds. The quantitative estimate of drug-likeness (QED) is 0.635. The molecule has 0 atom stereocenters. The number of hydrogen-bond acceptors (Lipinski definition) is 2. The van der Waals surface area contributed by atoms with Gasteiger partial charge < -0.3 is 5.32 Å². The van der Waals surface area contributed by atoms with Gasteiger partial charge in [0, 0.05) is 9.26 Å². The molecule has 1 rings (SSSR count). The van der Waals surface area contributed by atoms with Gasteiger partial charge in [-0.25, -0.2) is 0 Å². The number of anilines is 1. The maximum atomic E-state index is 10.9. The third-order valence-corrected chi connectivity index (χ3v) is 2.28. The lowest BCUT2D eigenvalue weighted by Gasteiger charge is -2.01. The van der Waals surface area contributed by atoms with E-state index in [0.29, 0.717) is 0 Å². The number of carbonyl (C=O) groups excluding carboxylic acids is 1. The highest BCUT2D eigenvalue weighted by atomic mass is 127. The summed E-state index contributed by atoms with van der Waals surface area (Å²) in [4.78, 5) is 10.9. The first-order chi connectivity index (χ1) is 5.72. The standard InChI is InChI=1S/C8H8INOS/c9-6-1-3-7(4-2-6)10-8(11)5-12/h1-4,12H,5H2,(H,10,11). The lowest BCUT2D eigenvalue weighted by Crippen LogP contribution is -2.12. The van der Waals surface area contributed by atoms with Crippen LogP contribution >= 0.6 is 35.2 Å². The monoisotopic (exact) mass is 293 g/mol. The van der Waals surface area contributed by atoms with E-state index >= 15 is 0 Å². The molecule has 1 N–H and O–H groups in total. The van der Waals surface area contributed by atoms with Gasteiger partial charge in [-0.1, -0.05) is 0 Å². The van der Waals surface area contributed by atoms with Crippen molar-refractivity contribution in [3.8, 4) is 0 Å². The molecule has 0 heterocycles. The summed E-state index contributed by atoms with van der Waals surface area (Å²) in [6.45, 7) is 0. The Hall–Kier alpha value is -0.230. The molecule has 0 saturated heterocycles. The molecular formula is C8H8INOS. The fourth-order valence-electron chi connectivity index (χ4n) is 0.734. The third kappa shape index (κ3) is 3.02. The SMILES string of the molecule is O=C(CS)Nc1ccc(I)cc1. The maximum Gasteiger partial charge on any atom is 0.234 e. The van der Waals surface area contributed by atoms with Crippen LogP contribution in [0, 0.1) is 3.57 Å². The van der Waals surface area contributed by atoms with Crippen LogP contribution in [-0.2, 0) is 4.79 Å². The first kappa shape index (κ1) is 9.85. The summed E-state index contributed by atoms with van der Waals surface area (Å²) in [7, 11) is 0. The number of halogens is 1. The van der Waals surface area contributed by atoms with Crippen molar-refractivity contribution in [2.45, 2.75) is 0 Å². The maximum absolute atomic E-state index is 10.9. The van der Waals surface area contributed by atoms with Crippen LogP contribution in [0.15, 0.2) is 24.3 Å². The summed E-state index contributed by atoms with van der Waals surface area (Å²) in [5, 5.41) is 2.70. The topological polar surface area (TPSA) is 29.1 Å². The number of amides is 1. The van der Waals surface area contributed by atoms with Crippen LogP contribution in [0.1, 0.15) is 0 Å². The van der Waals surface area contributed by atoms with Crippen LogP contribution in [-0.4, -0.2) is 11.7 Å².